The molecule has 100 valence electrons. The summed E-state index contributed by atoms with van der Waals surface area (Å²) in [5.74, 6) is 1.05. The van der Waals surface area contributed by atoms with Gasteiger partial charge in [0.05, 0.1) is 6.20 Å². The number of benzene rings is 2. The van der Waals surface area contributed by atoms with Gasteiger partial charge in [-0.1, -0.05) is 35.9 Å². The molecular formula is C15H12ClN3O. The molecule has 0 atom stereocenters. The van der Waals surface area contributed by atoms with Crippen LogP contribution in [0.4, 0.5) is 0 Å². The molecule has 0 saturated carbocycles. The van der Waals surface area contributed by atoms with Crippen LogP contribution >= 0.6 is 11.6 Å². The molecular weight excluding hydrogens is 274 g/mol. The number of halogens is 1. The first-order valence-corrected chi connectivity index (χ1v) is 6.53. The summed E-state index contributed by atoms with van der Waals surface area (Å²) in [7, 11) is 0. The molecule has 4 nitrogen and oxygen atoms in total. The van der Waals surface area contributed by atoms with Crippen LogP contribution in [0.5, 0.6) is 11.6 Å². The average molecular weight is 286 g/mol. The quantitative estimate of drug-likeness (QED) is 0.799. The Bertz CT molecular complexity index is 756. The summed E-state index contributed by atoms with van der Waals surface area (Å²) in [5.41, 5.74) is 6.47. The van der Waals surface area contributed by atoms with Crippen LogP contribution in [-0.4, -0.2) is 10.2 Å². The van der Waals surface area contributed by atoms with Gasteiger partial charge in [0.1, 0.15) is 5.75 Å². The normalized spacial score (nSPS) is 10.7. The SMILES string of the molecule is NCc1c(Cl)cccc1Oc1nncc2ccccc12. The third kappa shape index (κ3) is 2.31. The van der Waals surface area contributed by atoms with E-state index in [1.165, 1.54) is 0 Å². The van der Waals surface area contributed by atoms with E-state index in [-0.39, 0.29) is 0 Å². The minimum atomic E-state index is 0.299. The van der Waals surface area contributed by atoms with Crippen molar-refractivity contribution in [3.63, 3.8) is 0 Å². The molecule has 0 spiro atoms. The number of nitrogens with zero attached hydrogens (tertiary/aromatic N) is 2. The molecule has 2 N–H and O–H groups in total. The number of fused-ring (bicyclic) bond motifs is 1. The van der Waals surface area contributed by atoms with Crippen molar-refractivity contribution in [2.75, 3.05) is 0 Å². The van der Waals surface area contributed by atoms with Gasteiger partial charge >= 0.3 is 0 Å². The van der Waals surface area contributed by atoms with E-state index >= 15 is 0 Å². The van der Waals surface area contributed by atoms with E-state index in [2.05, 4.69) is 10.2 Å². The lowest BCUT2D eigenvalue weighted by Gasteiger charge is -2.11. The minimum Gasteiger partial charge on any atom is -0.437 e. The molecule has 0 aliphatic heterocycles. The van der Waals surface area contributed by atoms with E-state index in [9.17, 15) is 0 Å². The van der Waals surface area contributed by atoms with E-state index in [0.717, 1.165) is 16.3 Å². The van der Waals surface area contributed by atoms with Crippen LogP contribution in [0.2, 0.25) is 5.02 Å². The van der Waals surface area contributed by atoms with Crippen LogP contribution in [0, 0.1) is 0 Å². The van der Waals surface area contributed by atoms with Crippen molar-refractivity contribution in [2.45, 2.75) is 6.54 Å². The number of hydrogen-bond donors (Lipinski definition) is 1. The average Bonchev–Trinajstić information content (AvgIpc) is 2.48. The maximum Gasteiger partial charge on any atom is 0.246 e. The highest BCUT2D eigenvalue weighted by molar-refractivity contribution is 6.31. The van der Waals surface area contributed by atoms with Gasteiger partial charge in [-0.3, -0.25) is 0 Å². The molecule has 0 aliphatic rings. The Balaban J connectivity index is 2.08. The summed E-state index contributed by atoms with van der Waals surface area (Å²) in [6.45, 7) is 0.299. The zero-order valence-electron chi connectivity index (χ0n) is 10.6. The molecule has 3 rings (SSSR count). The fourth-order valence-corrected chi connectivity index (χ4v) is 2.26. The van der Waals surface area contributed by atoms with E-state index < -0.39 is 0 Å². The molecule has 0 radical (unpaired) electrons. The summed E-state index contributed by atoms with van der Waals surface area (Å²) in [5, 5.41) is 10.4. The molecule has 0 bridgehead atoms. The lowest BCUT2D eigenvalue weighted by molar-refractivity contribution is 0.456. The van der Waals surface area contributed by atoms with Crippen molar-refractivity contribution in [3.8, 4) is 11.6 Å². The standard InChI is InChI=1S/C15H12ClN3O/c16-13-6-3-7-14(12(13)8-17)20-15-11-5-2-1-4-10(11)9-18-19-15/h1-7,9H,8,17H2. The van der Waals surface area contributed by atoms with E-state index in [0.29, 0.717) is 23.2 Å². The van der Waals surface area contributed by atoms with E-state index in [1.807, 2.05) is 36.4 Å². The summed E-state index contributed by atoms with van der Waals surface area (Å²) in [4.78, 5) is 0. The number of ether oxygens (including phenoxy) is 1. The Morgan fingerprint density at radius 1 is 1.10 bits per heavy atom. The van der Waals surface area contributed by atoms with Crippen LogP contribution in [0.25, 0.3) is 10.8 Å². The lowest BCUT2D eigenvalue weighted by atomic mass is 10.2. The first-order valence-electron chi connectivity index (χ1n) is 6.15. The summed E-state index contributed by atoms with van der Waals surface area (Å²) < 4.78 is 5.86. The van der Waals surface area contributed by atoms with Crippen LogP contribution in [0.15, 0.2) is 48.7 Å². The first kappa shape index (κ1) is 12.8. The molecule has 5 heteroatoms. The Kier molecular flexibility index (Phi) is 3.50. The Labute approximate surface area is 121 Å². The first-order chi connectivity index (χ1) is 9.79. The second kappa shape index (κ2) is 5.45. The molecule has 0 unspecified atom stereocenters. The van der Waals surface area contributed by atoms with Gasteiger partial charge < -0.3 is 10.5 Å². The van der Waals surface area contributed by atoms with Crippen molar-refractivity contribution in [2.24, 2.45) is 5.73 Å². The molecule has 0 aliphatic carbocycles. The fraction of sp³-hybridized carbons (Fsp3) is 0.0667. The highest BCUT2D eigenvalue weighted by Crippen LogP contribution is 2.32. The minimum absolute atomic E-state index is 0.299. The summed E-state index contributed by atoms with van der Waals surface area (Å²) in [6, 6.07) is 13.2. The molecule has 20 heavy (non-hydrogen) atoms. The molecule has 0 saturated heterocycles. The zero-order valence-corrected chi connectivity index (χ0v) is 11.3. The van der Waals surface area contributed by atoms with Crippen molar-refractivity contribution in [3.05, 3.63) is 59.2 Å². The topological polar surface area (TPSA) is 61.0 Å². The van der Waals surface area contributed by atoms with Gasteiger partial charge in [-0.05, 0) is 18.2 Å². The predicted octanol–water partition coefficient (Wildman–Crippen LogP) is 3.53. The number of rotatable bonds is 3. The van der Waals surface area contributed by atoms with Crippen molar-refractivity contribution >= 4 is 22.4 Å². The molecule has 1 heterocycles. The lowest BCUT2D eigenvalue weighted by Crippen LogP contribution is -2.01. The van der Waals surface area contributed by atoms with Gasteiger partial charge in [0.2, 0.25) is 5.88 Å². The predicted molar refractivity (Wildman–Crippen MR) is 79.0 cm³/mol. The number of nitrogens with two attached hydrogens (primary N) is 1. The van der Waals surface area contributed by atoms with Crippen molar-refractivity contribution in [1.29, 1.82) is 0 Å². The number of aromatic nitrogens is 2. The van der Waals surface area contributed by atoms with Gasteiger partial charge in [-0.15, -0.1) is 5.10 Å². The molecule has 0 fully saturated rings. The van der Waals surface area contributed by atoms with Crippen molar-refractivity contribution < 1.29 is 4.74 Å². The van der Waals surface area contributed by atoms with Gasteiger partial charge in [0.25, 0.3) is 0 Å². The largest absolute Gasteiger partial charge is 0.437 e. The Morgan fingerprint density at radius 3 is 2.80 bits per heavy atom. The monoisotopic (exact) mass is 285 g/mol. The molecule has 1 aromatic heterocycles. The fourth-order valence-electron chi connectivity index (χ4n) is 2.01. The van der Waals surface area contributed by atoms with E-state index in [1.54, 1.807) is 12.3 Å². The zero-order chi connectivity index (χ0) is 13.9. The second-order valence-corrected chi connectivity index (χ2v) is 4.67. The maximum absolute atomic E-state index is 6.12. The summed E-state index contributed by atoms with van der Waals surface area (Å²) >= 11 is 6.12. The highest BCUT2D eigenvalue weighted by atomic mass is 35.5. The number of hydrogen-bond acceptors (Lipinski definition) is 4. The third-order valence-corrected chi connectivity index (χ3v) is 3.38. The van der Waals surface area contributed by atoms with E-state index in [4.69, 9.17) is 22.1 Å². The van der Waals surface area contributed by atoms with Crippen LogP contribution in [0.3, 0.4) is 0 Å². The smallest absolute Gasteiger partial charge is 0.246 e. The van der Waals surface area contributed by atoms with Crippen LogP contribution in [-0.2, 0) is 6.54 Å². The van der Waals surface area contributed by atoms with Gasteiger partial charge in [-0.25, -0.2) is 0 Å². The van der Waals surface area contributed by atoms with Gasteiger partial charge in [0.15, 0.2) is 0 Å². The van der Waals surface area contributed by atoms with Gasteiger partial charge in [0, 0.05) is 27.9 Å². The third-order valence-electron chi connectivity index (χ3n) is 3.02. The second-order valence-electron chi connectivity index (χ2n) is 4.26. The summed E-state index contributed by atoms with van der Waals surface area (Å²) in [6.07, 6.45) is 1.70. The molecule has 3 aromatic rings. The van der Waals surface area contributed by atoms with Gasteiger partial charge in [-0.2, -0.15) is 5.10 Å². The van der Waals surface area contributed by atoms with Crippen LogP contribution in [0.1, 0.15) is 5.56 Å². The Hall–Kier alpha value is -2.17. The molecule has 2 aromatic carbocycles. The maximum atomic E-state index is 6.12. The highest BCUT2D eigenvalue weighted by Gasteiger charge is 2.10. The van der Waals surface area contributed by atoms with Crippen molar-refractivity contribution in [1.82, 2.24) is 10.2 Å². The molecule has 0 amide bonds. The van der Waals surface area contributed by atoms with Crippen LogP contribution < -0.4 is 10.5 Å². The Morgan fingerprint density at radius 2 is 1.95 bits per heavy atom.